The van der Waals surface area contributed by atoms with Crippen LogP contribution in [-0.2, 0) is 0 Å². The maximum absolute atomic E-state index is 12.5. The third-order valence-corrected chi connectivity index (χ3v) is 3.84. The second-order valence-electron chi connectivity index (χ2n) is 5.51. The predicted octanol–water partition coefficient (Wildman–Crippen LogP) is 3.94. The fourth-order valence-electron chi connectivity index (χ4n) is 2.66. The van der Waals surface area contributed by atoms with Gasteiger partial charge in [-0.3, -0.25) is 14.8 Å². The van der Waals surface area contributed by atoms with E-state index in [1.54, 1.807) is 43.0 Å². The average Bonchev–Trinajstić information content (AvgIpc) is 2.68. The van der Waals surface area contributed by atoms with Crippen molar-refractivity contribution in [1.82, 2.24) is 15.0 Å². The van der Waals surface area contributed by atoms with Crippen LogP contribution in [0.3, 0.4) is 0 Å². The highest BCUT2D eigenvalue weighted by Gasteiger charge is 2.11. The first-order valence-electron chi connectivity index (χ1n) is 7.83. The van der Waals surface area contributed by atoms with Gasteiger partial charge in [0.25, 0.3) is 5.91 Å². The molecule has 0 unspecified atom stereocenters. The first kappa shape index (κ1) is 15.0. The number of carbonyl (C=O) groups is 1. The number of nitrogens with zero attached hydrogens (tertiary/aromatic N) is 3. The van der Waals surface area contributed by atoms with Gasteiger partial charge in [-0.05, 0) is 24.3 Å². The van der Waals surface area contributed by atoms with Gasteiger partial charge < -0.3 is 5.32 Å². The maximum Gasteiger partial charge on any atom is 0.274 e. The van der Waals surface area contributed by atoms with Crippen LogP contribution in [0.2, 0.25) is 0 Å². The molecule has 0 spiro atoms. The van der Waals surface area contributed by atoms with Gasteiger partial charge in [-0.1, -0.05) is 30.3 Å². The number of rotatable bonds is 3. The Morgan fingerprint density at radius 2 is 1.68 bits per heavy atom. The Morgan fingerprint density at radius 3 is 2.44 bits per heavy atom. The molecule has 3 aromatic heterocycles. The average molecular weight is 326 g/mol. The van der Waals surface area contributed by atoms with Crippen LogP contribution in [-0.4, -0.2) is 20.9 Å². The Morgan fingerprint density at radius 1 is 0.840 bits per heavy atom. The van der Waals surface area contributed by atoms with E-state index in [4.69, 9.17) is 0 Å². The lowest BCUT2D eigenvalue weighted by molar-refractivity contribution is 0.102. The highest BCUT2D eigenvalue weighted by Crippen LogP contribution is 2.27. The van der Waals surface area contributed by atoms with E-state index in [0.29, 0.717) is 11.4 Å². The summed E-state index contributed by atoms with van der Waals surface area (Å²) < 4.78 is 0. The summed E-state index contributed by atoms with van der Waals surface area (Å²) in [5.74, 6) is -0.268. The molecule has 120 valence electrons. The van der Waals surface area contributed by atoms with Crippen LogP contribution in [0, 0.1) is 0 Å². The van der Waals surface area contributed by atoms with Gasteiger partial charge in [0.2, 0.25) is 0 Å². The number of hydrogen-bond donors (Lipinski definition) is 1. The summed E-state index contributed by atoms with van der Waals surface area (Å²) in [6.07, 6.45) is 6.78. The molecule has 0 bridgehead atoms. The molecule has 0 atom stereocenters. The summed E-state index contributed by atoms with van der Waals surface area (Å²) in [4.78, 5) is 25.2. The minimum absolute atomic E-state index is 0.268. The molecule has 0 aliphatic heterocycles. The lowest BCUT2D eigenvalue weighted by Gasteiger charge is -2.08. The molecule has 25 heavy (non-hydrogen) atoms. The van der Waals surface area contributed by atoms with Gasteiger partial charge in [0, 0.05) is 35.1 Å². The molecule has 4 aromatic rings. The summed E-state index contributed by atoms with van der Waals surface area (Å²) in [6, 6.07) is 17.0. The van der Waals surface area contributed by atoms with E-state index in [1.807, 2.05) is 36.4 Å². The molecule has 4 rings (SSSR count). The second-order valence-corrected chi connectivity index (χ2v) is 5.51. The van der Waals surface area contributed by atoms with Crippen LogP contribution in [0.4, 0.5) is 5.69 Å². The molecular formula is C20H14N4O. The standard InChI is InChI=1S/C20H14N4O/c25-20(23-16-6-3-11-22-13-16)18-9-8-14-4-1-7-17(19(14)24-18)15-5-2-10-21-12-15/h1-13H,(H,23,25). The Bertz CT molecular complexity index is 1030. The van der Waals surface area contributed by atoms with Crippen molar-refractivity contribution in [1.29, 1.82) is 0 Å². The molecule has 0 saturated heterocycles. The third kappa shape index (κ3) is 3.07. The lowest BCUT2D eigenvalue weighted by Crippen LogP contribution is -2.13. The number of carbonyl (C=O) groups excluding carboxylic acids is 1. The Balaban J connectivity index is 1.75. The molecule has 1 amide bonds. The minimum atomic E-state index is -0.268. The van der Waals surface area contributed by atoms with Crippen LogP contribution >= 0.6 is 0 Å². The Hall–Kier alpha value is -3.60. The molecule has 0 saturated carbocycles. The molecule has 1 aromatic carbocycles. The highest BCUT2D eigenvalue weighted by atomic mass is 16.1. The SMILES string of the molecule is O=C(Nc1cccnc1)c1ccc2cccc(-c3cccnc3)c2n1. The van der Waals surface area contributed by atoms with Crippen molar-refractivity contribution in [3.05, 3.63) is 85.1 Å². The molecule has 5 nitrogen and oxygen atoms in total. The molecule has 0 aliphatic rings. The number of pyridine rings is 3. The molecule has 0 fully saturated rings. The van der Waals surface area contributed by atoms with Gasteiger partial charge >= 0.3 is 0 Å². The Kier molecular flexibility index (Phi) is 3.88. The lowest BCUT2D eigenvalue weighted by atomic mass is 10.0. The number of benzene rings is 1. The van der Waals surface area contributed by atoms with Gasteiger partial charge in [-0.25, -0.2) is 4.98 Å². The molecule has 5 heteroatoms. The van der Waals surface area contributed by atoms with E-state index in [1.165, 1.54) is 0 Å². The van der Waals surface area contributed by atoms with Crippen molar-refractivity contribution in [2.24, 2.45) is 0 Å². The van der Waals surface area contributed by atoms with Crippen molar-refractivity contribution in [2.45, 2.75) is 0 Å². The van der Waals surface area contributed by atoms with E-state index in [9.17, 15) is 4.79 Å². The van der Waals surface area contributed by atoms with E-state index in [2.05, 4.69) is 20.3 Å². The molecule has 0 radical (unpaired) electrons. The third-order valence-electron chi connectivity index (χ3n) is 3.84. The number of nitrogens with one attached hydrogen (secondary N) is 1. The first-order chi connectivity index (χ1) is 12.3. The van der Waals surface area contributed by atoms with E-state index >= 15 is 0 Å². The zero-order valence-corrected chi connectivity index (χ0v) is 13.3. The van der Waals surface area contributed by atoms with Gasteiger partial charge in [0.1, 0.15) is 5.69 Å². The number of amides is 1. The smallest absolute Gasteiger partial charge is 0.274 e. The van der Waals surface area contributed by atoms with E-state index < -0.39 is 0 Å². The highest BCUT2D eigenvalue weighted by molar-refractivity contribution is 6.05. The van der Waals surface area contributed by atoms with Crippen molar-refractivity contribution in [3.63, 3.8) is 0 Å². The van der Waals surface area contributed by atoms with Crippen LogP contribution in [0.25, 0.3) is 22.0 Å². The quantitative estimate of drug-likeness (QED) is 0.619. The van der Waals surface area contributed by atoms with E-state index in [-0.39, 0.29) is 5.91 Å². The molecule has 0 aliphatic carbocycles. The van der Waals surface area contributed by atoms with Crippen molar-refractivity contribution in [2.75, 3.05) is 5.32 Å². The van der Waals surface area contributed by atoms with Crippen molar-refractivity contribution >= 4 is 22.5 Å². The van der Waals surface area contributed by atoms with Gasteiger partial charge in [-0.2, -0.15) is 0 Å². The minimum Gasteiger partial charge on any atom is -0.319 e. The Labute approximate surface area is 144 Å². The summed E-state index contributed by atoms with van der Waals surface area (Å²) in [7, 11) is 0. The largest absolute Gasteiger partial charge is 0.319 e. The monoisotopic (exact) mass is 326 g/mol. The second kappa shape index (κ2) is 6.49. The zero-order valence-electron chi connectivity index (χ0n) is 13.3. The molecule has 3 heterocycles. The fourth-order valence-corrected chi connectivity index (χ4v) is 2.66. The predicted molar refractivity (Wildman–Crippen MR) is 97.2 cm³/mol. The zero-order chi connectivity index (χ0) is 17.1. The van der Waals surface area contributed by atoms with Crippen molar-refractivity contribution in [3.8, 4) is 11.1 Å². The van der Waals surface area contributed by atoms with Crippen LogP contribution in [0.5, 0.6) is 0 Å². The van der Waals surface area contributed by atoms with Crippen LogP contribution in [0.1, 0.15) is 10.5 Å². The number of para-hydroxylation sites is 1. The van der Waals surface area contributed by atoms with Gasteiger partial charge in [0.15, 0.2) is 0 Å². The maximum atomic E-state index is 12.5. The number of hydrogen-bond acceptors (Lipinski definition) is 4. The summed E-state index contributed by atoms with van der Waals surface area (Å²) in [6.45, 7) is 0. The number of aromatic nitrogens is 3. The number of fused-ring (bicyclic) bond motifs is 1. The van der Waals surface area contributed by atoms with Crippen LogP contribution < -0.4 is 5.32 Å². The fraction of sp³-hybridized carbons (Fsp3) is 0. The van der Waals surface area contributed by atoms with Gasteiger partial charge in [-0.15, -0.1) is 0 Å². The van der Waals surface area contributed by atoms with Crippen molar-refractivity contribution < 1.29 is 4.79 Å². The van der Waals surface area contributed by atoms with E-state index in [0.717, 1.165) is 22.0 Å². The normalized spacial score (nSPS) is 10.6. The first-order valence-corrected chi connectivity index (χ1v) is 7.83. The topological polar surface area (TPSA) is 67.8 Å². The van der Waals surface area contributed by atoms with Crippen LogP contribution in [0.15, 0.2) is 79.4 Å². The summed E-state index contributed by atoms with van der Waals surface area (Å²) in [5, 5.41) is 3.78. The summed E-state index contributed by atoms with van der Waals surface area (Å²) in [5.41, 5.74) is 3.67. The summed E-state index contributed by atoms with van der Waals surface area (Å²) >= 11 is 0. The molecule has 1 N–H and O–H groups in total. The number of anilines is 1. The van der Waals surface area contributed by atoms with Gasteiger partial charge in [0.05, 0.1) is 17.4 Å². The molecular weight excluding hydrogens is 312 g/mol.